The molecule has 1 aliphatic carbocycles. The molecular formula is C26H26ClFN6O3. The van der Waals surface area contributed by atoms with Crippen LogP contribution in [0.1, 0.15) is 36.1 Å². The zero-order valence-electron chi connectivity index (χ0n) is 20.4. The van der Waals surface area contributed by atoms with Gasteiger partial charge in [0.05, 0.1) is 36.8 Å². The number of piperazine rings is 1. The van der Waals surface area contributed by atoms with Crippen LogP contribution in [0.2, 0.25) is 5.02 Å². The number of benzene rings is 1. The molecule has 5 rings (SSSR count). The number of ether oxygens (including phenoxy) is 1. The Morgan fingerprint density at radius 3 is 2.95 bits per heavy atom. The van der Waals surface area contributed by atoms with E-state index in [1.807, 2.05) is 23.1 Å². The Morgan fingerprint density at radius 2 is 2.22 bits per heavy atom. The van der Waals surface area contributed by atoms with Gasteiger partial charge < -0.3 is 19.9 Å². The fourth-order valence-corrected chi connectivity index (χ4v) is 5.96. The number of nitrogens with one attached hydrogen (secondary N) is 1. The highest BCUT2D eigenvalue weighted by molar-refractivity contribution is 6.30. The first-order chi connectivity index (χ1) is 17.8. The van der Waals surface area contributed by atoms with Crippen molar-refractivity contribution in [1.82, 2.24) is 14.9 Å². The molecule has 1 fully saturated rings. The van der Waals surface area contributed by atoms with Gasteiger partial charge in [-0.25, -0.2) is 4.39 Å². The molecule has 1 N–H and O–H groups in total. The number of amides is 2. The summed E-state index contributed by atoms with van der Waals surface area (Å²) in [7, 11) is 1.47. The van der Waals surface area contributed by atoms with Gasteiger partial charge in [0.25, 0.3) is 5.91 Å². The van der Waals surface area contributed by atoms with Crippen LogP contribution >= 0.6 is 11.6 Å². The zero-order valence-corrected chi connectivity index (χ0v) is 21.1. The minimum Gasteiger partial charge on any atom is -0.467 e. The summed E-state index contributed by atoms with van der Waals surface area (Å²) >= 11 is 6.24. The number of carbonyl (C=O) groups excluding carboxylic acids is 2. The first-order valence-electron chi connectivity index (χ1n) is 12.1. The number of halogens is 2. The Balaban J connectivity index is 1.53. The van der Waals surface area contributed by atoms with E-state index in [2.05, 4.69) is 27.9 Å². The molecule has 1 aromatic heterocycles. The van der Waals surface area contributed by atoms with Crippen molar-refractivity contribution in [2.24, 2.45) is 0 Å². The highest BCUT2D eigenvalue weighted by atomic mass is 35.5. The number of methoxy groups -OCH3 is 1. The molecule has 3 heterocycles. The van der Waals surface area contributed by atoms with Crippen molar-refractivity contribution in [1.29, 1.82) is 5.26 Å². The molecule has 1 saturated heterocycles. The Kier molecular flexibility index (Phi) is 6.50. The summed E-state index contributed by atoms with van der Waals surface area (Å²) in [6.07, 6.45) is 2.75. The van der Waals surface area contributed by atoms with Crippen LogP contribution in [0.15, 0.2) is 30.6 Å². The third-order valence-corrected chi connectivity index (χ3v) is 7.74. The summed E-state index contributed by atoms with van der Waals surface area (Å²) in [6, 6.07) is 7.32. The predicted molar refractivity (Wildman–Crippen MR) is 135 cm³/mol. The Hall–Kier alpha value is -3.71. The molecule has 37 heavy (non-hydrogen) atoms. The molecule has 2 amide bonds. The van der Waals surface area contributed by atoms with E-state index in [-0.39, 0.29) is 31.4 Å². The van der Waals surface area contributed by atoms with Gasteiger partial charge in [-0.15, -0.1) is 0 Å². The van der Waals surface area contributed by atoms with Crippen molar-refractivity contribution < 1.29 is 18.7 Å². The van der Waals surface area contributed by atoms with Crippen molar-refractivity contribution in [2.75, 3.05) is 37.0 Å². The maximum Gasteiger partial charge on any atom is 0.318 e. The van der Waals surface area contributed by atoms with Gasteiger partial charge in [-0.1, -0.05) is 24.2 Å². The second kappa shape index (κ2) is 9.63. The van der Waals surface area contributed by atoms with Crippen LogP contribution in [0.5, 0.6) is 6.01 Å². The molecule has 9 nitrogen and oxygen atoms in total. The number of rotatable bonds is 4. The van der Waals surface area contributed by atoms with Crippen molar-refractivity contribution in [3.63, 3.8) is 0 Å². The minimum atomic E-state index is -1.07. The number of hydrogen-bond acceptors (Lipinski definition) is 7. The van der Waals surface area contributed by atoms with E-state index in [0.717, 1.165) is 24.0 Å². The summed E-state index contributed by atoms with van der Waals surface area (Å²) in [6.45, 7) is 3.81. The lowest BCUT2D eigenvalue weighted by Crippen LogP contribution is -2.56. The van der Waals surface area contributed by atoms with Crippen molar-refractivity contribution in [3.8, 4) is 12.1 Å². The second-order valence-electron chi connectivity index (χ2n) is 9.59. The van der Waals surface area contributed by atoms with Crippen LogP contribution in [-0.2, 0) is 27.8 Å². The van der Waals surface area contributed by atoms with Crippen molar-refractivity contribution >= 4 is 34.9 Å². The molecule has 2 aromatic rings. The number of nitrogens with zero attached hydrogens (tertiary/aromatic N) is 5. The Labute approximate surface area is 218 Å². The summed E-state index contributed by atoms with van der Waals surface area (Å²) in [5.74, 6) is -1.57. The van der Waals surface area contributed by atoms with E-state index < -0.39 is 23.2 Å². The third kappa shape index (κ3) is 4.27. The summed E-state index contributed by atoms with van der Waals surface area (Å²) < 4.78 is 19.0. The van der Waals surface area contributed by atoms with Crippen LogP contribution in [0, 0.1) is 11.3 Å². The molecule has 3 aliphatic rings. The Bertz CT molecular complexity index is 1340. The van der Waals surface area contributed by atoms with Gasteiger partial charge in [-0.2, -0.15) is 15.2 Å². The first-order valence-corrected chi connectivity index (χ1v) is 12.5. The van der Waals surface area contributed by atoms with Gasteiger partial charge in [0.1, 0.15) is 5.69 Å². The van der Waals surface area contributed by atoms with E-state index in [1.165, 1.54) is 12.0 Å². The Morgan fingerprint density at radius 1 is 1.41 bits per heavy atom. The zero-order chi connectivity index (χ0) is 26.3. The number of carbonyl (C=O) groups is 2. The average Bonchev–Trinajstić information content (AvgIpc) is 2.88. The normalized spacial score (nSPS) is 22.5. The summed E-state index contributed by atoms with van der Waals surface area (Å²) in [5, 5.41) is 13.0. The number of hydrogen-bond donors (Lipinski definition) is 1. The quantitative estimate of drug-likeness (QED) is 0.611. The van der Waals surface area contributed by atoms with Crippen LogP contribution < -0.4 is 15.0 Å². The molecule has 1 spiro atoms. The molecule has 192 valence electrons. The largest absolute Gasteiger partial charge is 0.467 e. The second-order valence-corrected chi connectivity index (χ2v) is 10.0. The van der Waals surface area contributed by atoms with Crippen LogP contribution in [0.3, 0.4) is 0 Å². The van der Waals surface area contributed by atoms with E-state index in [1.54, 1.807) is 0 Å². The van der Waals surface area contributed by atoms with E-state index in [4.69, 9.17) is 16.3 Å². The van der Waals surface area contributed by atoms with E-state index in [0.29, 0.717) is 41.6 Å². The topological polar surface area (TPSA) is 111 Å². The van der Waals surface area contributed by atoms with Gasteiger partial charge >= 0.3 is 6.01 Å². The number of aryl methyl sites for hydroxylation is 1. The molecule has 0 bridgehead atoms. The standard InChI is InChI=1S/C26H26ClFN6O3/c1-15(28)23(35)34-11-10-33(14-18(34)7-9-29)22-21-20(30-25(32-22)37-2)13-26(24(36)31-21)8-3-4-16-12-17(27)5-6-19(16)26/h5-6,12,18H,1,3-4,7-8,10-11,13-14H2,2H3,(H,31,36). The highest BCUT2D eigenvalue weighted by Gasteiger charge is 2.48. The molecule has 0 saturated carbocycles. The highest BCUT2D eigenvalue weighted by Crippen LogP contribution is 2.47. The fraction of sp³-hybridized carbons (Fsp3) is 0.423. The SMILES string of the molecule is C=C(F)C(=O)N1CCN(c2nc(OC)nc3c2NC(=O)C2(CCCc4cc(Cl)ccc42)C3)CC1CC#N. The molecule has 11 heteroatoms. The predicted octanol–water partition coefficient (Wildman–Crippen LogP) is 3.32. The van der Waals surface area contributed by atoms with Gasteiger partial charge in [-0.05, 0) is 42.5 Å². The number of fused-ring (bicyclic) bond motifs is 3. The third-order valence-electron chi connectivity index (χ3n) is 7.50. The maximum atomic E-state index is 13.8. The minimum absolute atomic E-state index is 0.00867. The lowest BCUT2D eigenvalue weighted by Gasteiger charge is -2.44. The van der Waals surface area contributed by atoms with Crippen LogP contribution in [-0.4, -0.2) is 59.5 Å². The van der Waals surface area contributed by atoms with Crippen molar-refractivity contribution in [2.45, 2.75) is 43.6 Å². The number of nitriles is 1. The molecule has 1 aromatic carbocycles. The molecule has 0 radical (unpaired) electrons. The monoisotopic (exact) mass is 524 g/mol. The molecular weight excluding hydrogens is 499 g/mol. The molecule has 2 aliphatic heterocycles. The van der Waals surface area contributed by atoms with Gasteiger partial charge in [0.2, 0.25) is 5.91 Å². The smallest absolute Gasteiger partial charge is 0.318 e. The van der Waals surface area contributed by atoms with Crippen molar-refractivity contribution in [3.05, 3.63) is 52.4 Å². The van der Waals surface area contributed by atoms with Gasteiger partial charge in [0.15, 0.2) is 11.6 Å². The van der Waals surface area contributed by atoms with Gasteiger partial charge in [-0.3, -0.25) is 9.59 Å². The fourth-order valence-electron chi connectivity index (χ4n) is 5.77. The molecule has 2 atom stereocenters. The summed E-state index contributed by atoms with van der Waals surface area (Å²) in [5.41, 5.74) is 2.38. The van der Waals surface area contributed by atoms with E-state index in [9.17, 15) is 19.2 Å². The lowest BCUT2D eigenvalue weighted by molar-refractivity contribution is -0.131. The van der Waals surface area contributed by atoms with E-state index >= 15 is 0 Å². The molecule has 2 unspecified atom stereocenters. The van der Waals surface area contributed by atoms with Crippen LogP contribution in [0.4, 0.5) is 15.9 Å². The summed E-state index contributed by atoms with van der Waals surface area (Å²) in [4.78, 5) is 38.4. The lowest BCUT2D eigenvalue weighted by atomic mass is 9.65. The van der Waals surface area contributed by atoms with Gasteiger partial charge in [0, 0.05) is 31.1 Å². The maximum absolute atomic E-state index is 13.8. The number of aromatic nitrogens is 2. The number of anilines is 2. The average molecular weight is 525 g/mol. The van der Waals surface area contributed by atoms with Crippen LogP contribution in [0.25, 0.3) is 0 Å². The first kappa shape index (κ1) is 25.0.